The Balaban J connectivity index is 2.13. The molecule has 3 heteroatoms. The summed E-state index contributed by atoms with van der Waals surface area (Å²) < 4.78 is 5.32. The molecule has 3 nitrogen and oxygen atoms in total. The van der Waals surface area contributed by atoms with Crippen molar-refractivity contribution in [2.75, 3.05) is 7.11 Å². The summed E-state index contributed by atoms with van der Waals surface area (Å²) in [7, 11) is 1.63. The minimum Gasteiger partial charge on any atom is -0.496 e. The van der Waals surface area contributed by atoms with Crippen molar-refractivity contribution >= 4 is 5.78 Å². The van der Waals surface area contributed by atoms with E-state index in [1.54, 1.807) is 7.11 Å². The lowest BCUT2D eigenvalue weighted by Crippen LogP contribution is -2.11. The standard InChI is InChI=1S/C18H21NO2/c1-13-7-8-18(21-2)16(9-13)11-17(20)10-14-5-3-4-6-15(14)12-19/h3-9H,10-12,19H2,1-2H3. The molecule has 110 valence electrons. The van der Waals surface area contributed by atoms with Crippen LogP contribution in [0.1, 0.15) is 22.3 Å². The first kappa shape index (κ1) is 15.3. The molecule has 0 atom stereocenters. The molecule has 0 aromatic heterocycles. The lowest BCUT2D eigenvalue weighted by Gasteiger charge is -2.10. The highest BCUT2D eigenvalue weighted by Crippen LogP contribution is 2.21. The topological polar surface area (TPSA) is 52.3 Å². The van der Waals surface area contributed by atoms with Gasteiger partial charge in [-0.15, -0.1) is 0 Å². The quantitative estimate of drug-likeness (QED) is 0.887. The lowest BCUT2D eigenvalue weighted by molar-refractivity contribution is -0.117. The fourth-order valence-electron chi connectivity index (χ4n) is 2.46. The van der Waals surface area contributed by atoms with Crippen LogP contribution in [0.25, 0.3) is 0 Å². The molecule has 0 aliphatic rings. The molecule has 0 spiro atoms. The van der Waals surface area contributed by atoms with Crippen molar-refractivity contribution in [3.8, 4) is 5.75 Å². The van der Waals surface area contributed by atoms with Gasteiger partial charge in [-0.2, -0.15) is 0 Å². The zero-order chi connectivity index (χ0) is 15.2. The molecule has 2 rings (SSSR count). The number of rotatable bonds is 6. The molecule has 0 aliphatic heterocycles. The third-order valence-electron chi connectivity index (χ3n) is 3.55. The number of nitrogens with two attached hydrogens (primary N) is 1. The maximum atomic E-state index is 12.3. The van der Waals surface area contributed by atoms with E-state index in [0.717, 1.165) is 28.0 Å². The highest BCUT2D eigenvalue weighted by atomic mass is 16.5. The summed E-state index contributed by atoms with van der Waals surface area (Å²) in [6.45, 7) is 2.47. The van der Waals surface area contributed by atoms with E-state index in [1.165, 1.54) is 0 Å². The second kappa shape index (κ2) is 7.04. The maximum Gasteiger partial charge on any atom is 0.141 e. The van der Waals surface area contributed by atoms with Crippen molar-refractivity contribution < 1.29 is 9.53 Å². The van der Waals surface area contributed by atoms with Gasteiger partial charge in [0.05, 0.1) is 7.11 Å². The normalized spacial score (nSPS) is 10.4. The highest BCUT2D eigenvalue weighted by Gasteiger charge is 2.11. The molecule has 0 bridgehead atoms. The summed E-state index contributed by atoms with van der Waals surface area (Å²) in [5.74, 6) is 0.931. The van der Waals surface area contributed by atoms with Crippen molar-refractivity contribution in [2.24, 2.45) is 5.73 Å². The fraction of sp³-hybridized carbons (Fsp3) is 0.278. The van der Waals surface area contributed by atoms with Crippen LogP contribution in [0.15, 0.2) is 42.5 Å². The smallest absolute Gasteiger partial charge is 0.141 e. The van der Waals surface area contributed by atoms with Gasteiger partial charge in [0.2, 0.25) is 0 Å². The van der Waals surface area contributed by atoms with Crippen LogP contribution in [0.4, 0.5) is 0 Å². The summed E-state index contributed by atoms with van der Waals surface area (Å²) in [5, 5.41) is 0. The van der Waals surface area contributed by atoms with Gasteiger partial charge in [0, 0.05) is 24.9 Å². The number of carbonyl (C=O) groups is 1. The van der Waals surface area contributed by atoms with Crippen LogP contribution in [0.3, 0.4) is 0 Å². The monoisotopic (exact) mass is 283 g/mol. The van der Waals surface area contributed by atoms with Crippen LogP contribution in [0.2, 0.25) is 0 Å². The highest BCUT2D eigenvalue weighted by molar-refractivity contribution is 5.84. The molecule has 0 aliphatic carbocycles. The van der Waals surface area contributed by atoms with Crippen LogP contribution in [-0.2, 0) is 24.2 Å². The largest absolute Gasteiger partial charge is 0.496 e. The molecule has 2 N–H and O–H groups in total. The third-order valence-corrected chi connectivity index (χ3v) is 3.55. The molecule has 21 heavy (non-hydrogen) atoms. The molecule has 0 unspecified atom stereocenters. The van der Waals surface area contributed by atoms with Crippen LogP contribution >= 0.6 is 0 Å². The van der Waals surface area contributed by atoms with Gasteiger partial charge in [-0.05, 0) is 24.1 Å². The van der Waals surface area contributed by atoms with E-state index in [4.69, 9.17) is 10.5 Å². The van der Waals surface area contributed by atoms with Gasteiger partial charge in [0.15, 0.2) is 0 Å². The third kappa shape index (κ3) is 3.92. The summed E-state index contributed by atoms with van der Waals surface area (Å²) >= 11 is 0. The first-order valence-electron chi connectivity index (χ1n) is 7.06. The number of aryl methyl sites for hydroxylation is 1. The van der Waals surface area contributed by atoms with Gasteiger partial charge >= 0.3 is 0 Å². The zero-order valence-corrected chi connectivity index (χ0v) is 12.6. The van der Waals surface area contributed by atoms with E-state index in [-0.39, 0.29) is 5.78 Å². The van der Waals surface area contributed by atoms with Crippen LogP contribution in [0.5, 0.6) is 5.75 Å². The molecule has 0 saturated heterocycles. The number of ketones is 1. The van der Waals surface area contributed by atoms with Gasteiger partial charge < -0.3 is 10.5 Å². The van der Waals surface area contributed by atoms with E-state index in [1.807, 2.05) is 49.4 Å². The number of hydrogen-bond donors (Lipinski definition) is 1. The Morgan fingerprint density at radius 2 is 1.71 bits per heavy atom. The Hall–Kier alpha value is -2.13. The van der Waals surface area contributed by atoms with Gasteiger partial charge in [-0.25, -0.2) is 0 Å². The Bertz CT molecular complexity index is 635. The summed E-state index contributed by atoms with van der Waals surface area (Å²) in [4.78, 5) is 12.3. The number of benzene rings is 2. The zero-order valence-electron chi connectivity index (χ0n) is 12.6. The van der Waals surface area contributed by atoms with Gasteiger partial charge in [0.1, 0.15) is 11.5 Å². The fourth-order valence-corrected chi connectivity index (χ4v) is 2.46. The predicted octanol–water partition coefficient (Wildman–Crippen LogP) is 2.82. The number of ether oxygens (including phenoxy) is 1. The van der Waals surface area contributed by atoms with Gasteiger partial charge in [-0.3, -0.25) is 4.79 Å². The molecular formula is C18H21NO2. The Kier molecular flexibility index (Phi) is 5.12. The molecule has 0 saturated carbocycles. The van der Waals surface area contributed by atoms with Crippen LogP contribution in [0, 0.1) is 6.92 Å². The number of methoxy groups -OCH3 is 1. The Morgan fingerprint density at radius 3 is 2.38 bits per heavy atom. The van der Waals surface area contributed by atoms with Crippen molar-refractivity contribution in [3.05, 3.63) is 64.7 Å². The predicted molar refractivity (Wildman–Crippen MR) is 84.5 cm³/mol. The Labute approximate surface area is 125 Å². The van der Waals surface area contributed by atoms with Crippen LogP contribution < -0.4 is 10.5 Å². The first-order valence-corrected chi connectivity index (χ1v) is 7.06. The van der Waals surface area contributed by atoms with Gasteiger partial charge in [-0.1, -0.05) is 42.0 Å². The van der Waals surface area contributed by atoms with Crippen molar-refractivity contribution in [1.82, 2.24) is 0 Å². The van der Waals surface area contributed by atoms with E-state index < -0.39 is 0 Å². The van der Waals surface area contributed by atoms with Crippen molar-refractivity contribution in [1.29, 1.82) is 0 Å². The molecular weight excluding hydrogens is 262 g/mol. The second-order valence-corrected chi connectivity index (χ2v) is 5.18. The SMILES string of the molecule is COc1ccc(C)cc1CC(=O)Cc1ccccc1CN. The minimum atomic E-state index is 0.166. The number of carbonyl (C=O) groups excluding carboxylic acids is 1. The summed E-state index contributed by atoms with van der Waals surface area (Å²) in [6, 6.07) is 13.7. The van der Waals surface area contributed by atoms with E-state index >= 15 is 0 Å². The first-order chi connectivity index (χ1) is 10.1. The van der Waals surface area contributed by atoms with Crippen molar-refractivity contribution in [3.63, 3.8) is 0 Å². The molecule has 0 radical (unpaired) electrons. The summed E-state index contributed by atoms with van der Waals surface area (Å²) in [5.41, 5.74) is 9.82. The summed E-state index contributed by atoms with van der Waals surface area (Å²) in [6.07, 6.45) is 0.786. The second-order valence-electron chi connectivity index (χ2n) is 5.18. The van der Waals surface area contributed by atoms with Crippen molar-refractivity contribution in [2.45, 2.75) is 26.3 Å². The maximum absolute atomic E-state index is 12.3. The average molecular weight is 283 g/mol. The Morgan fingerprint density at radius 1 is 1.05 bits per heavy atom. The van der Waals surface area contributed by atoms with Gasteiger partial charge in [0.25, 0.3) is 0 Å². The molecule has 0 amide bonds. The molecule has 0 heterocycles. The van der Waals surface area contributed by atoms with E-state index in [9.17, 15) is 4.79 Å². The van der Waals surface area contributed by atoms with Crippen LogP contribution in [-0.4, -0.2) is 12.9 Å². The molecule has 2 aromatic carbocycles. The molecule has 2 aromatic rings. The number of Topliss-reactive ketones (excluding diaryl/α,β-unsaturated/α-hetero) is 1. The molecule has 0 fully saturated rings. The lowest BCUT2D eigenvalue weighted by atomic mass is 9.98. The average Bonchev–Trinajstić information content (AvgIpc) is 2.48. The van der Waals surface area contributed by atoms with E-state index in [2.05, 4.69) is 0 Å². The number of hydrogen-bond acceptors (Lipinski definition) is 3. The van der Waals surface area contributed by atoms with E-state index in [0.29, 0.717) is 19.4 Å². The minimum absolute atomic E-state index is 0.166.